The number of methoxy groups -OCH3 is 1. The molecule has 1 aliphatic carbocycles. The Labute approximate surface area is 186 Å². The number of piperidine rings is 2. The Hall–Kier alpha value is -3.55. The molecule has 164 valence electrons. The highest BCUT2D eigenvalue weighted by atomic mass is 16.5. The molecule has 2 aromatic heterocycles. The number of nitrogens with zero attached hydrogens (tertiary/aromatic N) is 5. The van der Waals surface area contributed by atoms with E-state index in [0.29, 0.717) is 41.0 Å². The van der Waals surface area contributed by atoms with Crippen molar-refractivity contribution in [3.8, 4) is 23.0 Å². The first-order valence-corrected chi connectivity index (χ1v) is 10.8. The SMILES string of the molecule is COc1cccc(-c2ncccn2)c1C(=O)N1CC2CCC1C(Oc1cnc(C)cn1)C2. The number of fused-ring (bicyclic) bond motifs is 3. The van der Waals surface area contributed by atoms with Gasteiger partial charge in [0, 0.05) is 24.5 Å². The molecule has 0 N–H and O–H groups in total. The lowest BCUT2D eigenvalue weighted by atomic mass is 9.77. The second kappa shape index (κ2) is 8.53. The van der Waals surface area contributed by atoms with Crippen LogP contribution in [0.3, 0.4) is 0 Å². The molecule has 8 nitrogen and oxygen atoms in total. The summed E-state index contributed by atoms with van der Waals surface area (Å²) in [6.45, 7) is 2.59. The maximum absolute atomic E-state index is 13.9. The third kappa shape index (κ3) is 3.77. The van der Waals surface area contributed by atoms with Gasteiger partial charge in [-0.2, -0.15) is 0 Å². The van der Waals surface area contributed by atoms with Crippen LogP contribution in [0.15, 0.2) is 49.1 Å². The van der Waals surface area contributed by atoms with Crippen molar-refractivity contribution in [2.75, 3.05) is 13.7 Å². The Balaban J connectivity index is 1.47. The number of carbonyl (C=O) groups is 1. The van der Waals surface area contributed by atoms with Crippen molar-refractivity contribution in [1.82, 2.24) is 24.8 Å². The van der Waals surface area contributed by atoms with Gasteiger partial charge >= 0.3 is 0 Å². The molecule has 2 aliphatic heterocycles. The van der Waals surface area contributed by atoms with E-state index in [2.05, 4.69) is 19.9 Å². The minimum absolute atomic E-state index is 0.0370. The molecule has 32 heavy (non-hydrogen) atoms. The number of hydrogen-bond donors (Lipinski definition) is 0. The summed E-state index contributed by atoms with van der Waals surface area (Å²) in [7, 11) is 1.58. The van der Waals surface area contributed by atoms with Gasteiger partial charge in [0.2, 0.25) is 5.88 Å². The third-order valence-electron chi connectivity index (χ3n) is 6.28. The fourth-order valence-corrected chi connectivity index (χ4v) is 4.78. The van der Waals surface area contributed by atoms with E-state index < -0.39 is 0 Å². The van der Waals surface area contributed by atoms with Gasteiger partial charge in [-0.3, -0.25) is 9.78 Å². The standard InChI is InChI=1S/C24H25N5O3/c1-15-12-28-21(13-27-15)32-20-11-16-7-8-18(20)29(14-16)24(30)22-17(5-3-6-19(22)31-2)23-25-9-4-10-26-23/h3-6,9-10,12-13,16,18,20H,7-8,11,14H2,1-2H3. The van der Waals surface area contributed by atoms with E-state index in [-0.39, 0.29) is 18.1 Å². The van der Waals surface area contributed by atoms with E-state index in [4.69, 9.17) is 9.47 Å². The van der Waals surface area contributed by atoms with Gasteiger partial charge in [-0.15, -0.1) is 0 Å². The monoisotopic (exact) mass is 431 g/mol. The normalized spacial score (nSPS) is 21.9. The highest BCUT2D eigenvalue weighted by molar-refractivity contribution is 6.03. The molecule has 6 rings (SSSR count). The van der Waals surface area contributed by atoms with Crippen LogP contribution >= 0.6 is 0 Å². The Morgan fingerprint density at radius 1 is 1.06 bits per heavy atom. The van der Waals surface area contributed by atoms with Crippen molar-refractivity contribution in [2.24, 2.45) is 5.92 Å². The van der Waals surface area contributed by atoms with E-state index in [0.717, 1.165) is 25.0 Å². The maximum Gasteiger partial charge on any atom is 0.258 e. The number of rotatable bonds is 5. The molecule has 1 aromatic carbocycles. The van der Waals surface area contributed by atoms with Crippen molar-refractivity contribution in [3.05, 3.63) is 60.3 Å². The molecule has 3 aromatic rings. The molecule has 1 amide bonds. The van der Waals surface area contributed by atoms with Gasteiger partial charge < -0.3 is 14.4 Å². The molecular weight excluding hydrogens is 406 g/mol. The van der Waals surface area contributed by atoms with Crippen LogP contribution in [0.4, 0.5) is 0 Å². The summed E-state index contributed by atoms with van der Waals surface area (Å²) in [4.78, 5) is 33.2. The summed E-state index contributed by atoms with van der Waals surface area (Å²) < 4.78 is 11.8. The largest absolute Gasteiger partial charge is 0.496 e. The number of ether oxygens (including phenoxy) is 2. The fraction of sp³-hybridized carbons (Fsp3) is 0.375. The molecular formula is C24H25N5O3. The Morgan fingerprint density at radius 2 is 1.91 bits per heavy atom. The first kappa shape index (κ1) is 20.4. The molecule has 2 saturated heterocycles. The zero-order chi connectivity index (χ0) is 22.1. The van der Waals surface area contributed by atoms with Crippen LogP contribution in [0.1, 0.15) is 35.3 Å². The first-order chi connectivity index (χ1) is 15.6. The van der Waals surface area contributed by atoms with Gasteiger partial charge in [0.1, 0.15) is 11.9 Å². The Morgan fingerprint density at radius 3 is 2.62 bits per heavy atom. The van der Waals surface area contributed by atoms with Gasteiger partial charge in [-0.1, -0.05) is 12.1 Å². The van der Waals surface area contributed by atoms with E-state index in [1.165, 1.54) is 0 Å². The number of hydrogen-bond acceptors (Lipinski definition) is 7. The molecule has 1 saturated carbocycles. The lowest BCUT2D eigenvalue weighted by Crippen LogP contribution is -2.59. The summed E-state index contributed by atoms with van der Waals surface area (Å²) in [5, 5.41) is 0. The first-order valence-electron chi connectivity index (χ1n) is 10.8. The molecule has 3 atom stereocenters. The molecule has 8 heteroatoms. The predicted molar refractivity (Wildman–Crippen MR) is 117 cm³/mol. The van der Waals surface area contributed by atoms with E-state index >= 15 is 0 Å². The highest BCUT2D eigenvalue weighted by Gasteiger charge is 2.45. The fourth-order valence-electron chi connectivity index (χ4n) is 4.78. The minimum Gasteiger partial charge on any atom is -0.496 e. The second-order valence-corrected chi connectivity index (χ2v) is 8.31. The molecule has 0 radical (unpaired) electrons. The molecule has 2 bridgehead atoms. The maximum atomic E-state index is 13.9. The van der Waals surface area contributed by atoms with Crippen molar-refractivity contribution in [1.29, 1.82) is 0 Å². The lowest BCUT2D eigenvalue weighted by Gasteiger charge is -2.49. The minimum atomic E-state index is -0.116. The van der Waals surface area contributed by atoms with Crippen LogP contribution < -0.4 is 9.47 Å². The quantitative estimate of drug-likeness (QED) is 0.612. The smallest absolute Gasteiger partial charge is 0.258 e. The van der Waals surface area contributed by atoms with Gasteiger partial charge in [-0.25, -0.2) is 15.0 Å². The van der Waals surface area contributed by atoms with Crippen LogP contribution in [0, 0.1) is 12.8 Å². The van der Waals surface area contributed by atoms with Crippen LogP contribution in [0.2, 0.25) is 0 Å². The van der Waals surface area contributed by atoms with Gasteiger partial charge in [0.25, 0.3) is 5.91 Å². The van der Waals surface area contributed by atoms with Crippen molar-refractivity contribution < 1.29 is 14.3 Å². The average Bonchev–Trinajstić information content (AvgIpc) is 2.85. The highest BCUT2D eigenvalue weighted by Crippen LogP contribution is 2.39. The van der Waals surface area contributed by atoms with Gasteiger partial charge in [0.05, 0.1) is 36.8 Å². The van der Waals surface area contributed by atoms with Gasteiger partial charge in [-0.05, 0) is 44.2 Å². The van der Waals surface area contributed by atoms with Crippen molar-refractivity contribution >= 4 is 5.91 Å². The molecule has 3 aliphatic rings. The number of amides is 1. The molecule has 4 heterocycles. The van der Waals surface area contributed by atoms with E-state index in [9.17, 15) is 4.79 Å². The van der Waals surface area contributed by atoms with Crippen molar-refractivity contribution in [3.63, 3.8) is 0 Å². The number of aryl methyl sites for hydroxylation is 1. The Bertz CT molecular complexity index is 1110. The average molecular weight is 431 g/mol. The van der Waals surface area contributed by atoms with Crippen LogP contribution in [0.25, 0.3) is 11.4 Å². The van der Waals surface area contributed by atoms with Crippen molar-refractivity contribution in [2.45, 2.75) is 38.3 Å². The summed E-state index contributed by atoms with van der Waals surface area (Å²) in [6, 6.07) is 7.24. The van der Waals surface area contributed by atoms with Crippen LogP contribution in [-0.2, 0) is 0 Å². The van der Waals surface area contributed by atoms with Crippen LogP contribution in [0.5, 0.6) is 11.6 Å². The van der Waals surface area contributed by atoms with E-state index in [1.54, 1.807) is 44.0 Å². The topological polar surface area (TPSA) is 90.3 Å². The number of benzene rings is 1. The lowest BCUT2D eigenvalue weighted by molar-refractivity contribution is -0.0315. The summed E-state index contributed by atoms with van der Waals surface area (Å²) in [5.74, 6) is 1.82. The second-order valence-electron chi connectivity index (χ2n) is 8.31. The zero-order valence-electron chi connectivity index (χ0n) is 18.1. The molecule has 3 unspecified atom stereocenters. The Kier molecular flexibility index (Phi) is 5.43. The molecule has 3 fully saturated rings. The summed E-state index contributed by atoms with van der Waals surface area (Å²) >= 11 is 0. The summed E-state index contributed by atoms with van der Waals surface area (Å²) in [5.41, 5.74) is 1.99. The third-order valence-corrected chi connectivity index (χ3v) is 6.28. The predicted octanol–water partition coefficient (Wildman–Crippen LogP) is 3.32. The van der Waals surface area contributed by atoms with Crippen LogP contribution in [-0.4, -0.2) is 56.5 Å². The van der Waals surface area contributed by atoms with E-state index in [1.807, 2.05) is 24.0 Å². The number of carbonyl (C=O) groups excluding carboxylic acids is 1. The zero-order valence-corrected chi connectivity index (χ0v) is 18.1. The molecule has 0 spiro atoms. The summed E-state index contributed by atoms with van der Waals surface area (Å²) in [6.07, 6.45) is 9.46. The van der Waals surface area contributed by atoms with Gasteiger partial charge in [0.15, 0.2) is 5.82 Å². The number of aromatic nitrogens is 4.